The van der Waals surface area contributed by atoms with Gasteiger partial charge in [-0.2, -0.15) is 13.2 Å². The molecule has 10 heavy (non-hydrogen) atoms. The molecule has 0 atom stereocenters. The molecule has 0 aliphatic carbocycles. The van der Waals surface area contributed by atoms with Gasteiger partial charge in [0.05, 0.1) is 6.54 Å². The van der Waals surface area contributed by atoms with E-state index < -0.39 is 12.7 Å². The Balaban J connectivity index is 3.04. The van der Waals surface area contributed by atoms with E-state index >= 15 is 0 Å². The molecular weight excluding hydrogens is 143 g/mol. The maximum atomic E-state index is 11.4. The second-order valence-electron chi connectivity index (χ2n) is 2.15. The largest absolute Gasteiger partial charge is 0.401 e. The number of unbranched alkanes of at least 4 members (excludes halogenated alkanes) is 1. The molecule has 0 unspecified atom stereocenters. The Bertz CT molecular complexity index is 79.6. The van der Waals surface area contributed by atoms with Crippen LogP contribution in [-0.2, 0) is 0 Å². The van der Waals surface area contributed by atoms with Crippen LogP contribution in [0.15, 0.2) is 0 Å². The summed E-state index contributed by atoms with van der Waals surface area (Å²) in [5.41, 5.74) is 0. The predicted octanol–water partition coefficient (Wildman–Crippen LogP) is 1.94. The van der Waals surface area contributed by atoms with Crippen molar-refractivity contribution in [3.63, 3.8) is 0 Å². The van der Waals surface area contributed by atoms with Crippen LogP contribution in [0.5, 0.6) is 0 Å². The number of nitrogens with one attached hydrogen (secondary N) is 1. The SMILES string of the molecule is CCCCNCC(F)(F)F. The number of hydrogen-bond donors (Lipinski definition) is 1. The van der Waals surface area contributed by atoms with Crippen LogP contribution in [0, 0.1) is 0 Å². The highest BCUT2D eigenvalue weighted by Crippen LogP contribution is 2.11. The van der Waals surface area contributed by atoms with Gasteiger partial charge in [-0.25, -0.2) is 0 Å². The molecule has 0 aromatic heterocycles. The first-order chi connectivity index (χ1) is 4.56. The molecule has 0 heterocycles. The van der Waals surface area contributed by atoms with Crippen molar-refractivity contribution in [3.05, 3.63) is 0 Å². The quantitative estimate of drug-likeness (QED) is 0.612. The molecule has 1 N–H and O–H groups in total. The highest BCUT2D eigenvalue weighted by molar-refractivity contribution is 4.54. The summed E-state index contributed by atoms with van der Waals surface area (Å²) in [7, 11) is 0. The van der Waals surface area contributed by atoms with Crippen LogP contribution in [0.3, 0.4) is 0 Å². The van der Waals surface area contributed by atoms with Crippen molar-refractivity contribution in [2.75, 3.05) is 13.1 Å². The molecular formula is C6H12F3N. The zero-order valence-corrected chi connectivity index (χ0v) is 5.96. The summed E-state index contributed by atoms with van der Waals surface area (Å²) >= 11 is 0. The Hall–Kier alpha value is -0.250. The Kier molecular flexibility index (Phi) is 4.43. The lowest BCUT2D eigenvalue weighted by molar-refractivity contribution is -0.124. The van der Waals surface area contributed by atoms with Gasteiger partial charge in [-0.3, -0.25) is 0 Å². The molecule has 62 valence electrons. The van der Waals surface area contributed by atoms with Crippen molar-refractivity contribution in [1.29, 1.82) is 0 Å². The van der Waals surface area contributed by atoms with E-state index in [1.807, 2.05) is 6.92 Å². The number of alkyl halides is 3. The van der Waals surface area contributed by atoms with Crippen LogP contribution in [0.2, 0.25) is 0 Å². The lowest BCUT2D eigenvalue weighted by Crippen LogP contribution is -2.29. The Labute approximate surface area is 58.6 Å². The monoisotopic (exact) mass is 155 g/mol. The van der Waals surface area contributed by atoms with Gasteiger partial charge < -0.3 is 5.32 Å². The fourth-order valence-corrected chi connectivity index (χ4v) is 0.532. The van der Waals surface area contributed by atoms with E-state index in [4.69, 9.17) is 0 Å². The van der Waals surface area contributed by atoms with Gasteiger partial charge in [0.2, 0.25) is 0 Å². The number of halogens is 3. The predicted molar refractivity (Wildman–Crippen MR) is 33.8 cm³/mol. The van der Waals surface area contributed by atoms with Crippen molar-refractivity contribution in [2.24, 2.45) is 0 Å². The first-order valence-corrected chi connectivity index (χ1v) is 3.33. The van der Waals surface area contributed by atoms with E-state index in [9.17, 15) is 13.2 Å². The molecule has 1 nitrogen and oxygen atoms in total. The Morgan fingerprint density at radius 3 is 2.30 bits per heavy atom. The van der Waals surface area contributed by atoms with Crippen molar-refractivity contribution in [3.8, 4) is 0 Å². The first kappa shape index (κ1) is 9.75. The van der Waals surface area contributed by atoms with E-state index in [1.165, 1.54) is 0 Å². The molecule has 0 aromatic rings. The van der Waals surface area contributed by atoms with Gasteiger partial charge in [-0.1, -0.05) is 13.3 Å². The molecule has 4 heteroatoms. The van der Waals surface area contributed by atoms with Crippen LogP contribution in [0.25, 0.3) is 0 Å². The molecule has 0 rings (SSSR count). The second-order valence-corrected chi connectivity index (χ2v) is 2.15. The maximum Gasteiger partial charge on any atom is 0.401 e. The lowest BCUT2D eigenvalue weighted by Gasteiger charge is -2.06. The third-order valence-corrected chi connectivity index (χ3v) is 1.03. The highest BCUT2D eigenvalue weighted by Gasteiger charge is 2.25. The number of hydrogen-bond acceptors (Lipinski definition) is 1. The lowest BCUT2D eigenvalue weighted by atomic mass is 10.3. The van der Waals surface area contributed by atoms with E-state index in [1.54, 1.807) is 0 Å². The molecule has 0 saturated heterocycles. The summed E-state index contributed by atoms with van der Waals surface area (Å²) < 4.78 is 34.3. The molecule has 0 aromatic carbocycles. The van der Waals surface area contributed by atoms with Gasteiger partial charge in [0, 0.05) is 0 Å². The summed E-state index contributed by atoms with van der Waals surface area (Å²) in [6.07, 6.45) is -2.34. The summed E-state index contributed by atoms with van der Waals surface area (Å²) in [6, 6.07) is 0. The minimum atomic E-state index is -4.06. The third kappa shape index (κ3) is 7.75. The van der Waals surface area contributed by atoms with Gasteiger partial charge in [0.15, 0.2) is 0 Å². The second kappa shape index (κ2) is 4.55. The molecule has 0 radical (unpaired) electrons. The summed E-state index contributed by atoms with van der Waals surface area (Å²) in [6.45, 7) is 1.53. The Morgan fingerprint density at radius 1 is 1.30 bits per heavy atom. The average molecular weight is 155 g/mol. The molecule has 0 aliphatic heterocycles. The first-order valence-electron chi connectivity index (χ1n) is 3.33. The highest BCUT2D eigenvalue weighted by atomic mass is 19.4. The minimum absolute atomic E-state index is 0.454. The Morgan fingerprint density at radius 2 is 1.90 bits per heavy atom. The normalized spacial score (nSPS) is 12.0. The van der Waals surface area contributed by atoms with Gasteiger partial charge in [0.1, 0.15) is 0 Å². The zero-order chi connectivity index (χ0) is 8.04. The van der Waals surface area contributed by atoms with E-state index in [-0.39, 0.29) is 0 Å². The minimum Gasteiger partial charge on any atom is -0.309 e. The fraction of sp³-hybridized carbons (Fsp3) is 1.00. The zero-order valence-electron chi connectivity index (χ0n) is 5.96. The topological polar surface area (TPSA) is 12.0 Å². The standard InChI is InChI=1S/C6H12F3N/c1-2-3-4-10-5-6(7,8)9/h10H,2-5H2,1H3. The van der Waals surface area contributed by atoms with E-state index in [2.05, 4.69) is 5.32 Å². The van der Waals surface area contributed by atoms with E-state index in [0.717, 1.165) is 12.8 Å². The molecule has 0 amide bonds. The van der Waals surface area contributed by atoms with Crippen LogP contribution < -0.4 is 5.32 Å². The summed E-state index contributed by atoms with van der Waals surface area (Å²) in [4.78, 5) is 0. The summed E-state index contributed by atoms with van der Waals surface area (Å²) in [5.74, 6) is 0. The van der Waals surface area contributed by atoms with Crippen LogP contribution >= 0.6 is 0 Å². The molecule has 0 saturated carbocycles. The smallest absolute Gasteiger partial charge is 0.309 e. The fourth-order valence-electron chi connectivity index (χ4n) is 0.532. The summed E-state index contributed by atoms with van der Waals surface area (Å²) in [5, 5.41) is 2.30. The van der Waals surface area contributed by atoms with Crippen LogP contribution in [0.4, 0.5) is 13.2 Å². The van der Waals surface area contributed by atoms with Crippen LogP contribution in [-0.4, -0.2) is 19.3 Å². The van der Waals surface area contributed by atoms with E-state index in [0.29, 0.717) is 6.54 Å². The van der Waals surface area contributed by atoms with Gasteiger partial charge in [-0.05, 0) is 13.0 Å². The number of rotatable bonds is 4. The van der Waals surface area contributed by atoms with Crippen molar-refractivity contribution < 1.29 is 13.2 Å². The molecule has 0 aliphatic rings. The van der Waals surface area contributed by atoms with Crippen molar-refractivity contribution in [2.45, 2.75) is 25.9 Å². The molecule has 0 bridgehead atoms. The third-order valence-electron chi connectivity index (χ3n) is 1.03. The van der Waals surface area contributed by atoms with Crippen LogP contribution in [0.1, 0.15) is 19.8 Å². The molecule has 0 fully saturated rings. The van der Waals surface area contributed by atoms with Gasteiger partial charge in [0.25, 0.3) is 0 Å². The maximum absolute atomic E-state index is 11.4. The average Bonchev–Trinajstić information content (AvgIpc) is 1.78. The van der Waals surface area contributed by atoms with Crippen molar-refractivity contribution >= 4 is 0 Å². The van der Waals surface area contributed by atoms with Gasteiger partial charge >= 0.3 is 6.18 Å². The molecule has 0 spiro atoms. The van der Waals surface area contributed by atoms with Gasteiger partial charge in [-0.15, -0.1) is 0 Å². The van der Waals surface area contributed by atoms with Crippen molar-refractivity contribution in [1.82, 2.24) is 5.32 Å².